The van der Waals surface area contributed by atoms with Crippen LogP contribution in [0.25, 0.3) is 0 Å². The van der Waals surface area contributed by atoms with E-state index >= 15 is 0 Å². The molecule has 1 saturated heterocycles. The van der Waals surface area contributed by atoms with Crippen LogP contribution >= 0.6 is 0 Å². The summed E-state index contributed by atoms with van der Waals surface area (Å²) in [6, 6.07) is 11.0. The van der Waals surface area contributed by atoms with Gasteiger partial charge in [-0.1, -0.05) is 43.7 Å². The third-order valence-electron chi connectivity index (χ3n) is 3.84. The standard InChI is InChI=1S/C16H23NO/c1-2-16(18)12-15-10-6-7-11-17(15)13-14-8-4-3-5-9-14/h3-5,8-9,15H,2,6-7,10-13H2,1H3. The zero-order valence-corrected chi connectivity index (χ0v) is 11.3. The maximum atomic E-state index is 11.7. The molecule has 0 aromatic heterocycles. The third kappa shape index (κ3) is 3.67. The first kappa shape index (κ1) is 13.3. The fourth-order valence-corrected chi connectivity index (χ4v) is 2.72. The number of piperidine rings is 1. The number of Topliss-reactive ketones (excluding diaryl/α,β-unsaturated/α-hetero) is 1. The molecule has 2 rings (SSSR count). The molecule has 0 spiro atoms. The molecule has 0 aliphatic carbocycles. The van der Waals surface area contributed by atoms with Gasteiger partial charge >= 0.3 is 0 Å². The first-order valence-corrected chi connectivity index (χ1v) is 7.09. The summed E-state index contributed by atoms with van der Waals surface area (Å²) in [6.45, 7) is 4.09. The Morgan fingerprint density at radius 3 is 2.78 bits per heavy atom. The minimum Gasteiger partial charge on any atom is -0.300 e. The molecule has 0 N–H and O–H groups in total. The molecular weight excluding hydrogens is 222 g/mol. The summed E-state index contributed by atoms with van der Waals surface area (Å²) in [5, 5.41) is 0. The van der Waals surface area contributed by atoms with Gasteiger partial charge in [-0.25, -0.2) is 0 Å². The van der Waals surface area contributed by atoms with Gasteiger partial charge in [-0.3, -0.25) is 9.69 Å². The second-order valence-electron chi connectivity index (χ2n) is 5.20. The number of hydrogen-bond donors (Lipinski definition) is 0. The topological polar surface area (TPSA) is 20.3 Å². The van der Waals surface area contributed by atoms with Gasteiger partial charge in [-0.05, 0) is 24.9 Å². The summed E-state index contributed by atoms with van der Waals surface area (Å²) in [4.78, 5) is 14.1. The molecule has 98 valence electrons. The smallest absolute Gasteiger partial charge is 0.134 e. The van der Waals surface area contributed by atoms with Crippen molar-refractivity contribution in [2.75, 3.05) is 6.54 Å². The molecule has 1 unspecified atom stereocenters. The number of nitrogens with zero attached hydrogens (tertiary/aromatic N) is 1. The number of carbonyl (C=O) groups is 1. The molecular formula is C16H23NO. The van der Waals surface area contributed by atoms with Crippen LogP contribution in [0.1, 0.15) is 44.6 Å². The van der Waals surface area contributed by atoms with Crippen molar-refractivity contribution in [3.63, 3.8) is 0 Å². The summed E-state index contributed by atoms with van der Waals surface area (Å²) in [5.41, 5.74) is 1.35. The van der Waals surface area contributed by atoms with E-state index in [1.54, 1.807) is 0 Å². The zero-order valence-electron chi connectivity index (χ0n) is 11.3. The van der Waals surface area contributed by atoms with Gasteiger partial charge in [0.2, 0.25) is 0 Å². The van der Waals surface area contributed by atoms with Crippen LogP contribution in [-0.4, -0.2) is 23.3 Å². The number of carbonyl (C=O) groups excluding carboxylic acids is 1. The Balaban J connectivity index is 1.97. The molecule has 0 saturated carbocycles. The number of benzene rings is 1. The van der Waals surface area contributed by atoms with Gasteiger partial charge in [0.25, 0.3) is 0 Å². The van der Waals surface area contributed by atoms with Crippen LogP contribution in [-0.2, 0) is 11.3 Å². The van der Waals surface area contributed by atoms with Crippen molar-refractivity contribution < 1.29 is 4.79 Å². The van der Waals surface area contributed by atoms with Crippen LogP contribution in [0.3, 0.4) is 0 Å². The van der Waals surface area contributed by atoms with Gasteiger partial charge < -0.3 is 0 Å². The monoisotopic (exact) mass is 245 g/mol. The molecule has 1 atom stereocenters. The first-order chi connectivity index (χ1) is 8.79. The summed E-state index contributed by atoms with van der Waals surface area (Å²) >= 11 is 0. The normalized spacial score (nSPS) is 20.8. The lowest BCUT2D eigenvalue weighted by molar-refractivity contribution is -0.120. The molecule has 1 fully saturated rings. The Labute approximate surface area is 110 Å². The number of ketones is 1. The van der Waals surface area contributed by atoms with Crippen LogP contribution in [0.4, 0.5) is 0 Å². The SMILES string of the molecule is CCC(=O)CC1CCCCN1Cc1ccccc1. The largest absolute Gasteiger partial charge is 0.300 e. The van der Waals surface area contributed by atoms with E-state index in [4.69, 9.17) is 0 Å². The minimum atomic E-state index is 0.403. The van der Waals surface area contributed by atoms with Crippen LogP contribution in [0, 0.1) is 0 Å². The van der Waals surface area contributed by atoms with Crippen LogP contribution < -0.4 is 0 Å². The fourth-order valence-electron chi connectivity index (χ4n) is 2.72. The Hall–Kier alpha value is -1.15. The summed E-state index contributed by atoms with van der Waals surface area (Å²) in [6.07, 6.45) is 5.13. The fraction of sp³-hybridized carbons (Fsp3) is 0.562. The first-order valence-electron chi connectivity index (χ1n) is 7.09. The Bertz CT molecular complexity index is 374. The molecule has 1 heterocycles. The van der Waals surface area contributed by atoms with Crippen molar-refractivity contribution in [3.05, 3.63) is 35.9 Å². The number of rotatable bonds is 5. The molecule has 2 nitrogen and oxygen atoms in total. The van der Waals surface area contributed by atoms with E-state index in [1.165, 1.54) is 24.8 Å². The molecule has 2 heteroatoms. The van der Waals surface area contributed by atoms with E-state index in [0.29, 0.717) is 18.2 Å². The zero-order chi connectivity index (χ0) is 12.8. The molecule has 0 radical (unpaired) electrons. The van der Waals surface area contributed by atoms with Crippen molar-refractivity contribution in [3.8, 4) is 0 Å². The quantitative estimate of drug-likeness (QED) is 0.792. The van der Waals surface area contributed by atoms with E-state index in [1.807, 2.05) is 6.92 Å². The van der Waals surface area contributed by atoms with Gasteiger partial charge in [-0.15, -0.1) is 0 Å². The minimum absolute atomic E-state index is 0.403. The Kier molecular flexibility index (Phi) is 4.94. The second-order valence-corrected chi connectivity index (χ2v) is 5.20. The van der Waals surface area contributed by atoms with Crippen molar-refractivity contribution in [1.29, 1.82) is 0 Å². The molecule has 1 aromatic carbocycles. The van der Waals surface area contributed by atoms with E-state index in [-0.39, 0.29) is 0 Å². The number of likely N-dealkylation sites (tertiary alicyclic amines) is 1. The predicted molar refractivity (Wildman–Crippen MR) is 74.4 cm³/mol. The highest BCUT2D eigenvalue weighted by molar-refractivity contribution is 5.78. The highest BCUT2D eigenvalue weighted by atomic mass is 16.1. The van der Waals surface area contributed by atoms with Crippen LogP contribution in [0.5, 0.6) is 0 Å². The highest BCUT2D eigenvalue weighted by Crippen LogP contribution is 2.22. The van der Waals surface area contributed by atoms with E-state index < -0.39 is 0 Å². The van der Waals surface area contributed by atoms with Gasteiger partial charge in [0.15, 0.2) is 0 Å². The lowest BCUT2D eigenvalue weighted by Crippen LogP contribution is -2.40. The van der Waals surface area contributed by atoms with Gasteiger partial charge in [0.1, 0.15) is 5.78 Å². The van der Waals surface area contributed by atoms with Gasteiger partial charge in [0.05, 0.1) is 0 Å². The lowest BCUT2D eigenvalue weighted by atomic mass is 9.96. The Morgan fingerprint density at radius 1 is 1.28 bits per heavy atom. The van der Waals surface area contributed by atoms with Crippen molar-refractivity contribution in [1.82, 2.24) is 4.90 Å². The summed E-state index contributed by atoms with van der Waals surface area (Å²) in [5.74, 6) is 0.403. The molecule has 1 aliphatic rings. The second kappa shape index (κ2) is 6.69. The van der Waals surface area contributed by atoms with E-state index in [9.17, 15) is 4.79 Å². The molecule has 18 heavy (non-hydrogen) atoms. The van der Waals surface area contributed by atoms with Gasteiger partial charge in [-0.2, -0.15) is 0 Å². The van der Waals surface area contributed by atoms with Crippen LogP contribution in [0.2, 0.25) is 0 Å². The number of hydrogen-bond acceptors (Lipinski definition) is 2. The third-order valence-corrected chi connectivity index (χ3v) is 3.84. The Morgan fingerprint density at radius 2 is 2.06 bits per heavy atom. The van der Waals surface area contributed by atoms with Crippen molar-refractivity contribution >= 4 is 5.78 Å². The maximum Gasteiger partial charge on any atom is 0.134 e. The molecule has 0 amide bonds. The summed E-state index contributed by atoms with van der Waals surface area (Å²) < 4.78 is 0. The predicted octanol–water partition coefficient (Wildman–Crippen LogP) is 3.41. The lowest BCUT2D eigenvalue weighted by Gasteiger charge is -2.35. The van der Waals surface area contributed by atoms with Crippen molar-refractivity contribution in [2.45, 2.75) is 51.6 Å². The average Bonchev–Trinajstić information content (AvgIpc) is 2.42. The average molecular weight is 245 g/mol. The van der Waals surface area contributed by atoms with Gasteiger partial charge in [0, 0.05) is 25.4 Å². The maximum absolute atomic E-state index is 11.7. The summed E-state index contributed by atoms with van der Waals surface area (Å²) in [7, 11) is 0. The molecule has 1 aromatic rings. The van der Waals surface area contributed by atoms with Crippen molar-refractivity contribution in [2.24, 2.45) is 0 Å². The van der Waals surface area contributed by atoms with E-state index in [0.717, 1.165) is 19.5 Å². The molecule has 0 bridgehead atoms. The highest BCUT2D eigenvalue weighted by Gasteiger charge is 2.23. The van der Waals surface area contributed by atoms with Crippen LogP contribution in [0.15, 0.2) is 30.3 Å². The molecule has 1 aliphatic heterocycles. The van der Waals surface area contributed by atoms with E-state index in [2.05, 4.69) is 35.2 Å².